The van der Waals surface area contributed by atoms with Crippen molar-refractivity contribution < 1.29 is 17.2 Å². The molecule has 0 unspecified atom stereocenters. The minimum absolute atomic E-state index is 0.0980. The van der Waals surface area contributed by atoms with E-state index in [0.717, 1.165) is 56.5 Å². The summed E-state index contributed by atoms with van der Waals surface area (Å²) in [6, 6.07) is 26.4. The van der Waals surface area contributed by atoms with Gasteiger partial charge >= 0.3 is 0 Å². The summed E-state index contributed by atoms with van der Waals surface area (Å²) in [6.07, 6.45) is 7.51. The second kappa shape index (κ2) is 15.5. The van der Waals surface area contributed by atoms with Gasteiger partial charge in [0.25, 0.3) is 0 Å². The van der Waals surface area contributed by atoms with E-state index >= 15 is 0 Å². The number of hydrogen-bond acceptors (Lipinski definition) is 7. The number of nitrogens with two attached hydrogens (primary N) is 1. The van der Waals surface area contributed by atoms with E-state index in [2.05, 4.69) is 24.9 Å². The Morgan fingerprint density at radius 2 is 1.18 bits per heavy atom. The summed E-state index contributed by atoms with van der Waals surface area (Å²) in [5, 5.41) is 6.16. The van der Waals surface area contributed by atoms with E-state index < -0.39 is 10.0 Å². The molecule has 0 saturated heterocycles. The van der Waals surface area contributed by atoms with Gasteiger partial charge in [-0.25, -0.2) is 37.3 Å². The Kier molecular flexibility index (Phi) is 10.7. The number of nitrogens with one attached hydrogen (secondary N) is 1. The van der Waals surface area contributed by atoms with E-state index in [-0.39, 0.29) is 21.6 Å². The maximum atomic E-state index is 13.4. The number of benzene rings is 3. The van der Waals surface area contributed by atoms with Gasteiger partial charge < -0.3 is 4.98 Å². The number of hydrogen-bond donors (Lipinski definition) is 2. The molecule has 14 heteroatoms. The minimum Gasteiger partial charge on any atom is -0.332 e. The van der Waals surface area contributed by atoms with Crippen molar-refractivity contribution in [1.29, 1.82) is 0 Å². The van der Waals surface area contributed by atoms with Gasteiger partial charge in [-0.2, -0.15) is 0 Å². The number of rotatable bonds is 9. The lowest BCUT2D eigenvalue weighted by molar-refractivity contribution is 0.597. The molecule has 0 atom stereocenters. The van der Waals surface area contributed by atoms with Gasteiger partial charge in [0.1, 0.15) is 17.3 Å². The predicted octanol–water partition coefficient (Wildman–Crippen LogP) is 7.06. The number of nitrogens with zero attached hydrogens (tertiary/aromatic N) is 5. The summed E-state index contributed by atoms with van der Waals surface area (Å²) in [7, 11) is -3.69. The van der Waals surface area contributed by atoms with E-state index in [1.807, 2.05) is 24.3 Å². The fourth-order valence-electron chi connectivity index (χ4n) is 4.92. The van der Waals surface area contributed by atoms with Gasteiger partial charge in [0.2, 0.25) is 15.1 Å². The Morgan fingerprint density at radius 1 is 0.680 bits per heavy atom. The number of thiocarbonyl (C=S) groups is 1. The van der Waals surface area contributed by atoms with Crippen LogP contribution in [0.4, 0.5) is 8.78 Å². The first kappa shape index (κ1) is 34.6. The fraction of sp³-hybridized carbons (Fsp3) is 0.0556. The van der Waals surface area contributed by atoms with Crippen molar-refractivity contribution >= 4 is 50.5 Å². The molecule has 0 saturated carbocycles. The predicted molar refractivity (Wildman–Crippen MR) is 196 cm³/mol. The van der Waals surface area contributed by atoms with Crippen LogP contribution in [0.25, 0.3) is 22.5 Å². The average molecular weight is 724 g/mol. The van der Waals surface area contributed by atoms with Crippen LogP contribution in [0.15, 0.2) is 142 Å². The van der Waals surface area contributed by atoms with Crippen molar-refractivity contribution in [3.8, 4) is 22.5 Å². The van der Waals surface area contributed by atoms with Gasteiger partial charge in [0.05, 0.1) is 22.0 Å². The van der Waals surface area contributed by atoms with Crippen LogP contribution in [0.5, 0.6) is 0 Å². The lowest BCUT2D eigenvalue weighted by Crippen LogP contribution is -2.14. The van der Waals surface area contributed by atoms with Gasteiger partial charge in [-0.3, -0.25) is 9.97 Å². The molecule has 6 aromatic rings. The largest absolute Gasteiger partial charge is 0.332 e. The quantitative estimate of drug-likeness (QED) is 0.120. The maximum Gasteiger partial charge on any atom is 0.238 e. The highest BCUT2D eigenvalue weighted by atomic mass is 32.2. The Bertz CT molecular complexity index is 2280. The summed E-state index contributed by atoms with van der Waals surface area (Å²) in [6.45, 7) is 0. The second-order valence-electron chi connectivity index (χ2n) is 10.7. The number of pyridine rings is 2. The van der Waals surface area contributed by atoms with Crippen molar-refractivity contribution in [3.63, 3.8) is 0 Å². The zero-order valence-corrected chi connectivity index (χ0v) is 28.5. The average Bonchev–Trinajstić information content (AvgIpc) is 3.74. The van der Waals surface area contributed by atoms with Crippen LogP contribution in [0.1, 0.15) is 16.7 Å². The summed E-state index contributed by atoms with van der Waals surface area (Å²) >= 11 is 6.59. The molecular weight excluding hydrogens is 697 g/mol. The molecule has 0 spiro atoms. The van der Waals surface area contributed by atoms with E-state index in [9.17, 15) is 17.2 Å². The molecule has 0 bridgehead atoms. The molecule has 3 aromatic heterocycles. The van der Waals surface area contributed by atoms with Crippen LogP contribution in [0, 0.1) is 11.6 Å². The normalized spacial score (nSPS) is 12.6. The smallest absolute Gasteiger partial charge is 0.238 e. The molecular formula is C36H27F2N7O2S3. The molecule has 0 aliphatic carbocycles. The molecule has 3 N–H and O–H groups in total. The number of halogens is 2. The third kappa shape index (κ3) is 8.65. The van der Waals surface area contributed by atoms with E-state index in [1.54, 1.807) is 72.9 Å². The lowest BCUT2D eigenvalue weighted by atomic mass is 10.0. The lowest BCUT2D eigenvalue weighted by Gasteiger charge is -2.04. The number of thioether (sulfide) groups is 1. The topological polar surface area (TPSA) is 139 Å². The van der Waals surface area contributed by atoms with Crippen LogP contribution < -0.4 is 5.14 Å². The number of aromatic amines is 1. The number of aromatic nitrogens is 4. The molecule has 1 aliphatic rings. The molecule has 3 aromatic carbocycles. The Labute approximate surface area is 296 Å². The molecule has 0 amide bonds. The number of sulfonamides is 1. The van der Waals surface area contributed by atoms with Gasteiger partial charge in [-0.05, 0) is 109 Å². The van der Waals surface area contributed by atoms with Crippen LogP contribution in [0.3, 0.4) is 0 Å². The van der Waals surface area contributed by atoms with Gasteiger partial charge in [0, 0.05) is 52.8 Å². The van der Waals surface area contributed by atoms with E-state index in [0.29, 0.717) is 11.4 Å². The van der Waals surface area contributed by atoms with Crippen LogP contribution >= 0.6 is 24.0 Å². The fourth-order valence-corrected chi connectivity index (χ4v) is 6.48. The van der Waals surface area contributed by atoms with Crippen molar-refractivity contribution in [3.05, 3.63) is 150 Å². The SMILES string of the molecule is Fc1ccc(C2=NC(=S)N=C2c2ccncc2)cc1.NS(=O)(=O)c1ccc(CCSc2nc(-c3ccc(F)cc3)c(-c3ccncc3)[nH]2)cc1. The molecule has 250 valence electrons. The first-order valence-electron chi connectivity index (χ1n) is 15.0. The molecule has 0 fully saturated rings. The van der Waals surface area contributed by atoms with E-state index in [1.165, 1.54) is 36.4 Å². The highest BCUT2D eigenvalue weighted by molar-refractivity contribution is 7.99. The van der Waals surface area contributed by atoms with Crippen molar-refractivity contribution in [2.75, 3.05) is 5.75 Å². The number of aryl methyl sites for hydroxylation is 1. The summed E-state index contributed by atoms with van der Waals surface area (Å²) in [4.78, 5) is 24.7. The minimum atomic E-state index is -3.69. The zero-order valence-electron chi connectivity index (χ0n) is 26.1. The third-order valence-electron chi connectivity index (χ3n) is 7.36. The second-order valence-corrected chi connectivity index (χ2v) is 13.8. The number of imidazole rings is 1. The van der Waals surface area contributed by atoms with Gasteiger partial charge in [-0.1, -0.05) is 23.9 Å². The maximum absolute atomic E-state index is 13.4. The summed E-state index contributed by atoms with van der Waals surface area (Å²) in [5.41, 5.74) is 7.37. The van der Waals surface area contributed by atoms with Gasteiger partial charge in [-0.15, -0.1) is 0 Å². The molecule has 4 heterocycles. The summed E-state index contributed by atoms with van der Waals surface area (Å²) < 4.78 is 49.1. The first-order valence-corrected chi connectivity index (χ1v) is 18.0. The highest BCUT2D eigenvalue weighted by Crippen LogP contribution is 2.33. The van der Waals surface area contributed by atoms with Crippen molar-refractivity contribution in [2.24, 2.45) is 15.1 Å². The van der Waals surface area contributed by atoms with Crippen LogP contribution in [-0.4, -0.2) is 50.6 Å². The molecule has 7 rings (SSSR count). The van der Waals surface area contributed by atoms with Crippen molar-refractivity contribution in [1.82, 2.24) is 19.9 Å². The number of primary sulfonamides is 1. The zero-order chi connectivity index (χ0) is 35.1. The van der Waals surface area contributed by atoms with Crippen LogP contribution in [-0.2, 0) is 16.4 Å². The monoisotopic (exact) mass is 723 g/mol. The van der Waals surface area contributed by atoms with Crippen molar-refractivity contribution in [2.45, 2.75) is 16.5 Å². The van der Waals surface area contributed by atoms with Gasteiger partial charge in [0.15, 0.2) is 5.16 Å². The standard InChI is InChI=1S/C22H19FN4O2S2.C14H8FN3S/c23-18-5-3-16(4-6-18)20-21(17-9-12-25-13-10-17)27-22(26-20)30-14-11-15-1-7-19(8-2-15)31(24,28)29;15-11-3-1-9(2-4-11)12-13(18-14(19)17-12)10-5-7-16-8-6-10/h1-10,12-13H,11,14H2,(H,26,27)(H2,24,28,29);1-8H. The molecule has 50 heavy (non-hydrogen) atoms. The van der Waals surface area contributed by atoms with E-state index in [4.69, 9.17) is 22.3 Å². The molecule has 1 aliphatic heterocycles. The third-order valence-corrected chi connectivity index (χ3v) is 9.35. The molecule has 0 radical (unpaired) electrons. The molecule has 9 nitrogen and oxygen atoms in total. The first-order chi connectivity index (χ1) is 24.1. The Morgan fingerprint density at radius 3 is 1.72 bits per heavy atom. The van der Waals surface area contributed by atoms with Crippen LogP contribution in [0.2, 0.25) is 0 Å². The highest BCUT2D eigenvalue weighted by Gasteiger charge is 2.20. The number of H-pyrrole nitrogens is 1. The Balaban J connectivity index is 0.000000194. The number of aliphatic imine (C=N–C) groups is 2. The Hall–Kier alpha value is -5.28. The summed E-state index contributed by atoms with van der Waals surface area (Å²) in [5.74, 6) is 0.154.